The Hall–Kier alpha value is -1.08. The van der Waals surface area contributed by atoms with Crippen molar-refractivity contribution in [2.24, 2.45) is 11.8 Å². The zero-order valence-electron chi connectivity index (χ0n) is 13.3. The molecule has 0 N–H and O–H groups in total. The van der Waals surface area contributed by atoms with E-state index in [0.29, 0.717) is 11.8 Å². The third-order valence-corrected chi connectivity index (χ3v) is 5.78. The molecule has 0 bridgehead atoms. The molecule has 1 aliphatic carbocycles. The molecule has 114 valence electrons. The number of rotatable bonds is 4. The fraction of sp³-hybridized carbons (Fsp3) is 0.600. The maximum Gasteiger partial charge on any atom is 0.0753 e. The molecular weight excluding hydrogens is 256 g/mol. The van der Waals surface area contributed by atoms with Crippen LogP contribution in [0.3, 0.4) is 0 Å². The highest BCUT2D eigenvalue weighted by molar-refractivity contribution is 5.23. The highest BCUT2D eigenvalue weighted by atomic mass is 16.5. The largest absolute Gasteiger partial charge is 0.374 e. The van der Waals surface area contributed by atoms with E-state index in [-0.39, 0.29) is 5.60 Å². The number of hydrogen-bond donors (Lipinski definition) is 0. The highest BCUT2D eigenvalue weighted by Crippen LogP contribution is 2.54. The van der Waals surface area contributed by atoms with Gasteiger partial charge < -0.3 is 4.74 Å². The number of hydrogen-bond acceptors (Lipinski definition) is 1. The van der Waals surface area contributed by atoms with Gasteiger partial charge in [0.25, 0.3) is 0 Å². The van der Waals surface area contributed by atoms with Crippen LogP contribution < -0.4 is 0 Å². The Balaban J connectivity index is 1.98. The van der Waals surface area contributed by atoms with Gasteiger partial charge in [-0.05, 0) is 49.0 Å². The quantitative estimate of drug-likeness (QED) is 0.679. The first-order chi connectivity index (χ1) is 10.3. The molecule has 1 aromatic carbocycles. The molecule has 1 heterocycles. The Morgan fingerprint density at radius 3 is 2.81 bits per heavy atom. The zero-order valence-corrected chi connectivity index (χ0v) is 13.3. The second-order valence-electron chi connectivity index (χ2n) is 6.80. The molecule has 4 atom stereocenters. The molecule has 1 saturated carbocycles. The molecule has 1 aliphatic heterocycles. The second-order valence-corrected chi connectivity index (χ2v) is 6.80. The van der Waals surface area contributed by atoms with Gasteiger partial charge in [-0.15, -0.1) is 6.58 Å². The van der Waals surface area contributed by atoms with Crippen LogP contribution in [0.2, 0.25) is 0 Å². The second kappa shape index (κ2) is 6.36. The fourth-order valence-electron chi connectivity index (χ4n) is 4.95. The summed E-state index contributed by atoms with van der Waals surface area (Å²) in [6.07, 6.45) is 9.43. The molecule has 2 fully saturated rings. The van der Waals surface area contributed by atoms with Crippen molar-refractivity contribution >= 4 is 0 Å². The average molecular weight is 284 g/mol. The first-order valence-electron chi connectivity index (χ1n) is 8.60. The maximum atomic E-state index is 6.42. The van der Waals surface area contributed by atoms with Crippen molar-refractivity contribution in [1.29, 1.82) is 0 Å². The Morgan fingerprint density at radius 1 is 1.29 bits per heavy atom. The van der Waals surface area contributed by atoms with Gasteiger partial charge in [0, 0.05) is 6.61 Å². The van der Waals surface area contributed by atoms with Gasteiger partial charge in [0.2, 0.25) is 0 Å². The van der Waals surface area contributed by atoms with Crippen LogP contribution >= 0.6 is 0 Å². The van der Waals surface area contributed by atoms with Crippen molar-refractivity contribution in [3.8, 4) is 0 Å². The standard InChI is InChI=1S/C20H28O/c1-3-13-20-14-8-11-16(4-2)19(20)18(12-15-21-20)17-9-6-5-7-10-17/h3,5-7,9-10,16,18-19H,1,4,8,11-15H2,2H3/t16-,18-,19-,20-/m0/s1. The van der Waals surface area contributed by atoms with E-state index >= 15 is 0 Å². The van der Waals surface area contributed by atoms with Gasteiger partial charge in [-0.1, -0.05) is 56.2 Å². The Labute approximate surface area is 129 Å². The van der Waals surface area contributed by atoms with Gasteiger partial charge in [0.1, 0.15) is 0 Å². The molecule has 1 nitrogen and oxygen atoms in total. The summed E-state index contributed by atoms with van der Waals surface area (Å²) in [5, 5.41) is 0. The summed E-state index contributed by atoms with van der Waals surface area (Å²) in [7, 11) is 0. The van der Waals surface area contributed by atoms with Crippen molar-refractivity contribution in [2.75, 3.05) is 6.61 Å². The molecule has 1 aromatic rings. The molecule has 0 spiro atoms. The first kappa shape index (κ1) is 14.8. The van der Waals surface area contributed by atoms with Crippen molar-refractivity contribution in [3.63, 3.8) is 0 Å². The van der Waals surface area contributed by atoms with Crippen LogP contribution in [0.4, 0.5) is 0 Å². The first-order valence-corrected chi connectivity index (χ1v) is 8.60. The summed E-state index contributed by atoms with van der Waals surface area (Å²) < 4.78 is 6.42. The Bertz CT molecular complexity index is 462. The summed E-state index contributed by atoms with van der Waals surface area (Å²) in [6, 6.07) is 11.1. The van der Waals surface area contributed by atoms with Crippen molar-refractivity contribution in [3.05, 3.63) is 48.6 Å². The SMILES string of the molecule is C=CC[C@]12CCC[C@H](CC)[C@H]1[C@H](c1ccccc1)CCO2. The van der Waals surface area contributed by atoms with Gasteiger partial charge in [0.05, 0.1) is 5.60 Å². The minimum Gasteiger partial charge on any atom is -0.374 e. The van der Waals surface area contributed by atoms with E-state index < -0.39 is 0 Å². The van der Waals surface area contributed by atoms with Crippen LogP contribution in [0, 0.1) is 11.8 Å². The van der Waals surface area contributed by atoms with Crippen molar-refractivity contribution < 1.29 is 4.74 Å². The molecule has 2 aliphatic rings. The Kier molecular flexibility index (Phi) is 4.49. The number of fused-ring (bicyclic) bond motifs is 1. The number of ether oxygens (including phenoxy) is 1. The average Bonchev–Trinajstić information content (AvgIpc) is 2.54. The van der Waals surface area contributed by atoms with E-state index in [0.717, 1.165) is 18.9 Å². The van der Waals surface area contributed by atoms with Gasteiger partial charge in [0.15, 0.2) is 0 Å². The topological polar surface area (TPSA) is 9.23 Å². The molecule has 0 radical (unpaired) electrons. The monoisotopic (exact) mass is 284 g/mol. The van der Waals surface area contributed by atoms with Gasteiger partial charge >= 0.3 is 0 Å². The molecule has 3 rings (SSSR count). The summed E-state index contributed by atoms with van der Waals surface area (Å²) >= 11 is 0. The molecule has 0 aromatic heterocycles. The summed E-state index contributed by atoms with van der Waals surface area (Å²) in [4.78, 5) is 0. The summed E-state index contributed by atoms with van der Waals surface area (Å²) in [5.74, 6) is 2.11. The van der Waals surface area contributed by atoms with Crippen LogP contribution in [-0.2, 0) is 4.74 Å². The lowest BCUT2D eigenvalue weighted by Gasteiger charge is -2.54. The fourth-order valence-corrected chi connectivity index (χ4v) is 4.95. The molecule has 21 heavy (non-hydrogen) atoms. The van der Waals surface area contributed by atoms with Crippen LogP contribution in [0.5, 0.6) is 0 Å². The van der Waals surface area contributed by atoms with Gasteiger partial charge in [-0.3, -0.25) is 0 Å². The lowest BCUT2D eigenvalue weighted by atomic mass is 9.58. The lowest BCUT2D eigenvalue weighted by Crippen LogP contribution is -2.53. The lowest BCUT2D eigenvalue weighted by molar-refractivity contribution is -0.164. The number of benzene rings is 1. The molecule has 0 unspecified atom stereocenters. The van der Waals surface area contributed by atoms with Crippen LogP contribution in [0.1, 0.15) is 56.9 Å². The Morgan fingerprint density at radius 2 is 2.10 bits per heavy atom. The van der Waals surface area contributed by atoms with E-state index in [1.807, 2.05) is 0 Å². The van der Waals surface area contributed by atoms with E-state index in [4.69, 9.17) is 4.74 Å². The molecule has 0 amide bonds. The minimum absolute atomic E-state index is 0.0550. The van der Waals surface area contributed by atoms with E-state index in [1.165, 1.54) is 37.7 Å². The normalized spacial score (nSPS) is 36.0. The highest BCUT2D eigenvalue weighted by Gasteiger charge is 2.51. The molecule has 1 saturated heterocycles. The van der Waals surface area contributed by atoms with Gasteiger partial charge in [-0.2, -0.15) is 0 Å². The predicted octanol–water partition coefficient (Wildman–Crippen LogP) is 5.33. The molecular formula is C20H28O. The smallest absolute Gasteiger partial charge is 0.0753 e. The molecule has 1 heteroatoms. The minimum atomic E-state index is 0.0550. The summed E-state index contributed by atoms with van der Waals surface area (Å²) in [5.41, 5.74) is 1.57. The third kappa shape index (κ3) is 2.68. The summed E-state index contributed by atoms with van der Waals surface area (Å²) in [6.45, 7) is 7.26. The zero-order chi connectivity index (χ0) is 14.7. The van der Waals surface area contributed by atoms with Crippen LogP contribution in [0.25, 0.3) is 0 Å². The predicted molar refractivity (Wildman–Crippen MR) is 88.4 cm³/mol. The van der Waals surface area contributed by atoms with E-state index in [2.05, 4.69) is 49.9 Å². The van der Waals surface area contributed by atoms with Gasteiger partial charge in [-0.25, -0.2) is 0 Å². The van der Waals surface area contributed by atoms with Crippen molar-refractivity contribution in [2.45, 2.75) is 57.0 Å². The van der Waals surface area contributed by atoms with E-state index in [9.17, 15) is 0 Å². The van der Waals surface area contributed by atoms with Crippen LogP contribution in [0.15, 0.2) is 43.0 Å². The maximum absolute atomic E-state index is 6.42. The van der Waals surface area contributed by atoms with E-state index in [1.54, 1.807) is 0 Å². The third-order valence-electron chi connectivity index (χ3n) is 5.78. The van der Waals surface area contributed by atoms with Crippen molar-refractivity contribution in [1.82, 2.24) is 0 Å². The van der Waals surface area contributed by atoms with Crippen LogP contribution in [-0.4, -0.2) is 12.2 Å².